The summed E-state index contributed by atoms with van der Waals surface area (Å²) in [5.74, 6) is -0.350. The lowest BCUT2D eigenvalue weighted by molar-refractivity contribution is -0.122. The molecule has 1 aromatic carbocycles. The number of carbonyl (C=O) groups is 1. The zero-order chi connectivity index (χ0) is 18.0. The van der Waals surface area contributed by atoms with Crippen LogP contribution in [0.4, 0.5) is 0 Å². The second kappa shape index (κ2) is 6.72. The number of benzene rings is 1. The fraction of sp³-hybridized carbons (Fsp3) is 0.222. The standard InChI is InChI=1S/C18H18N4O3/c1-12(13-7-4-3-5-8-13)20-15(23)11-22-14-9-6-10-19-16(14)21(2)17(24)18(22)25/h3-10,12H,11H2,1-2H3,(H,20,23). The predicted molar refractivity (Wildman–Crippen MR) is 94.2 cm³/mol. The zero-order valence-electron chi connectivity index (χ0n) is 14.0. The molecule has 1 unspecified atom stereocenters. The number of aryl methyl sites for hydroxylation is 1. The number of fused-ring (bicyclic) bond motifs is 1. The summed E-state index contributed by atoms with van der Waals surface area (Å²) in [4.78, 5) is 40.9. The van der Waals surface area contributed by atoms with Crippen LogP contribution in [0.15, 0.2) is 58.3 Å². The first-order valence-corrected chi connectivity index (χ1v) is 7.88. The van der Waals surface area contributed by atoms with Gasteiger partial charge in [0.1, 0.15) is 6.54 Å². The highest BCUT2D eigenvalue weighted by Gasteiger charge is 2.15. The molecule has 3 rings (SSSR count). The average Bonchev–Trinajstić information content (AvgIpc) is 2.64. The number of amides is 1. The van der Waals surface area contributed by atoms with Crippen molar-refractivity contribution in [2.45, 2.75) is 19.5 Å². The Morgan fingerprint density at radius 1 is 1.12 bits per heavy atom. The van der Waals surface area contributed by atoms with Crippen LogP contribution in [0, 0.1) is 0 Å². The van der Waals surface area contributed by atoms with Gasteiger partial charge in [-0.3, -0.25) is 23.5 Å². The zero-order valence-corrected chi connectivity index (χ0v) is 14.0. The van der Waals surface area contributed by atoms with Crippen molar-refractivity contribution in [2.75, 3.05) is 0 Å². The highest BCUT2D eigenvalue weighted by molar-refractivity contribution is 5.79. The van der Waals surface area contributed by atoms with Gasteiger partial charge in [-0.2, -0.15) is 0 Å². The summed E-state index contributed by atoms with van der Waals surface area (Å²) in [5.41, 5.74) is 0.299. The van der Waals surface area contributed by atoms with Crippen LogP contribution in [-0.4, -0.2) is 20.0 Å². The number of nitrogens with zero attached hydrogens (tertiary/aromatic N) is 3. The van der Waals surface area contributed by atoms with E-state index in [4.69, 9.17) is 0 Å². The Morgan fingerprint density at radius 3 is 2.56 bits per heavy atom. The SMILES string of the molecule is CC(NC(=O)Cn1c(=O)c(=O)n(C)c2ncccc21)c1ccccc1. The molecule has 0 radical (unpaired) electrons. The molecule has 1 amide bonds. The van der Waals surface area contributed by atoms with E-state index in [-0.39, 0.29) is 18.5 Å². The maximum Gasteiger partial charge on any atom is 0.317 e. The van der Waals surface area contributed by atoms with Crippen molar-refractivity contribution in [2.24, 2.45) is 7.05 Å². The van der Waals surface area contributed by atoms with E-state index in [1.807, 2.05) is 37.3 Å². The summed E-state index contributed by atoms with van der Waals surface area (Å²) in [6, 6.07) is 12.6. The number of aromatic nitrogens is 3. The summed E-state index contributed by atoms with van der Waals surface area (Å²) < 4.78 is 2.36. The van der Waals surface area contributed by atoms with Gasteiger partial charge in [-0.1, -0.05) is 30.3 Å². The van der Waals surface area contributed by atoms with Gasteiger partial charge < -0.3 is 5.32 Å². The molecule has 1 atom stereocenters. The molecule has 0 aliphatic rings. The van der Waals surface area contributed by atoms with Crippen molar-refractivity contribution in [3.05, 3.63) is 74.9 Å². The lowest BCUT2D eigenvalue weighted by atomic mass is 10.1. The van der Waals surface area contributed by atoms with E-state index in [1.54, 1.807) is 12.1 Å². The predicted octanol–water partition coefficient (Wildman–Crippen LogP) is 0.973. The monoisotopic (exact) mass is 338 g/mol. The molecule has 128 valence electrons. The molecule has 0 bridgehead atoms. The minimum Gasteiger partial charge on any atom is -0.348 e. The topological polar surface area (TPSA) is 86.0 Å². The fourth-order valence-corrected chi connectivity index (χ4v) is 2.73. The molecule has 0 saturated carbocycles. The average molecular weight is 338 g/mol. The van der Waals surface area contributed by atoms with E-state index in [9.17, 15) is 14.4 Å². The second-order valence-electron chi connectivity index (χ2n) is 5.80. The van der Waals surface area contributed by atoms with E-state index in [2.05, 4.69) is 10.3 Å². The van der Waals surface area contributed by atoms with Crippen molar-refractivity contribution < 1.29 is 4.79 Å². The molecular weight excluding hydrogens is 320 g/mol. The number of hydrogen-bond acceptors (Lipinski definition) is 4. The smallest absolute Gasteiger partial charge is 0.317 e. The molecule has 3 aromatic rings. The quantitative estimate of drug-likeness (QED) is 0.718. The summed E-state index contributed by atoms with van der Waals surface area (Å²) in [7, 11) is 1.49. The molecule has 0 saturated heterocycles. The van der Waals surface area contributed by atoms with Crippen molar-refractivity contribution in [3.63, 3.8) is 0 Å². The van der Waals surface area contributed by atoms with Crippen LogP contribution in [0.5, 0.6) is 0 Å². The van der Waals surface area contributed by atoms with Gasteiger partial charge >= 0.3 is 11.1 Å². The molecule has 0 fully saturated rings. The number of nitrogens with one attached hydrogen (secondary N) is 1. The van der Waals surface area contributed by atoms with Crippen LogP contribution < -0.4 is 16.4 Å². The Morgan fingerprint density at radius 2 is 1.84 bits per heavy atom. The van der Waals surface area contributed by atoms with E-state index in [1.165, 1.54) is 17.8 Å². The van der Waals surface area contributed by atoms with Crippen LogP contribution in [0.3, 0.4) is 0 Å². The van der Waals surface area contributed by atoms with Crippen LogP contribution in [0.2, 0.25) is 0 Å². The molecule has 25 heavy (non-hydrogen) atoms. The molecule has 0 spiro atoms. The highest BCUT2D eigenvalue weighted by atomic mass is 16.2. The van der Waals surface area contributed by atoms with Crippen molar-refractivity contribution in [1.82, 2.24) is 19.4 Å². The molecule has 0 aliphatic heterocycles. The van der Waals surface area contributed by atoms with Gasteiger partial charge in [-0.15, -0.1) is 0 Å². The number of carbonyl (C=O) groups excluding carboxylic acids is 1. The van der Waals surface area contributed by atoms with Crippen molar-refractivity contribution >= 4 is 17.1 Å². The summed E-state index contributed by atoms with van der Waals surface area (Å²) >= 11 is 0. The van der Waals surface area contributed by atoms with Crippen LogP contribution in [0.1, 0.15) is 18.5 Å². The van der Waals surface area contributed by atoms with E-state index in [0.717, 1.165) is 10.1 Å². The Balaban J connectivity index is 1.92. The summed E-state index contributed by atoms with van der Waals surface area (Å²) in [5, 5.41) is 2.84. The first kappa shape index (κ1) is 16.6. The third-order valence-corrected chi connectivity index (χ3v) is 4.09. The molecule has 0 aliphatic carbocycles. The van der Waals surface area contributed by atoms with Crippen LogP contribution in [0.25, 0.3) is 11.2 Å². The van der Waals surface area contributed by atoms with Gasteiger partial charge in [-0.25, -0.2) is 4.98 Å². The number of rotatable bonds is 4. The lowest BCUT2D eigenvalue weighted by Crippen LogP contribution is -2.43. The normalized spacial score (nSPS) is 12.1. The maximum atomic E-state index is 12.4. The van der Waals surface area contributed by atoms with Gasteiger partial charge in [0.2, 0.25) is 5.91 Å². The third kappa shape index (κ3) is 3.21. The Labute approximate surface area is 143 Å². The molecular formula is C18H18N4O3. The minimum atomic E-state index is -0.745. The third-order valence-electron chi connectivity index (χ3n) is 4.09. The molecule has 7 nitrogen and oxygen atoms in total. The largest absolute Gasteiger partial charge is 0.348 e. The Bertz CT molecular complexity index is 1040. The molecule has 2 aromatic heterocycles. The van der Waals surface area contributed by atoms with Gasteiger partial charge in [0.25, 0.3) is 0 Å². The highest BCUT2D eigenvalue weighted by Crippen LogP contribution is 2.11. The molecule has 7 heteroatoms. The Kier molecular flexibility index (Phi) is 4.47. The molecule has 1 N–H and O–H groups in total. The summed E-state index contributed by atoms with van der Waals surface area (Å²) in [6.07, 6.45) is 1.54. The first-order chi connectivity index (χ1) is 12.0. The number of pyridine rings is 1. The fourth-order valence-electron chi connectivity index (χ4n) is 2.73. The van der Waals surface area contributed by atoms with Crippen molar-refractivity contribution in [1.29, 1.82) is 0 Å². The van der Waals surface area contributed by atoms with Crippen LogP contribution in [-0.2, 0) is 18.4 Å². The summed E-state index contributed by atoms with van der Waals surface area (Å²) in [6.45, 7) is 1.62. The van der Waals surface area contributed by atoms with Gasteiger partial charge in [0, 0.05) is 13.2 Å². The lowest BCUT2D eigenvalue weighted by Gasteiger charge is -2.16. The molecule has 2 heterocycles. The van der Waals surface area contributed by atoms with Crippen LogP contribution >= 0.6 is 0 Å². The van der Waals surface area contributed by atoms with Gasteiger partial charge in [0.05, 0.1) is 11.6 Å². The Hall–Kier alpha value is -3.22. The van der Waals surface area contributed by atoms with Gasteiger partial charge in [-0.05, 0) is 24.6 Å². The minimum absolute atomic E-state index is 0.208. The van der Waals surface area contributed by atoms with Gasteiger partial charge in [0.15, 0.2) is 5.65 Å². The number of hydrogen-bond donors (Lipinski definition) is 1. The second-order valence-corrected chi connectivity index (χ2v) is 5.80. The maximum absolute atomic E-state index is 12.4. The van der Waals surface area contributed by atoms with E-state index < -0.39 is 11.1 Å². The van der Waals surface area contributed by atoms with E-state index in [0.29, 0.717) is 11.2 Å². The first-order valence-electron chi connectivity index (χ1n) is 7.88. The van der Waals surface area contributed by atoms with Crippen molar-refractivity contribution in [3.8, 4) is 0 Å². The van der Waals surface area contributed by atoms with E-state index >= 15 is 0 Å².